The van der Waals surface area contributed by atoms with Gasteiger partial charge < -0.3 is 10.2 Å². The van der Waals surface area contributed by atoms with Gasteiger partial charge >= 0.3 is 0 Å². The number of halogens is 2. The molecule has 0 atom stereocenters. The molecule has 1 N–H and O–H groups in total. The van der Waals surface area contributed by atoms with Crippen molar-refractivity contribution in [2.45, 2.75) is 0 Å². The molecule has 0 spiro atoms. The molecule has 1 aromatic carbocycles. The van der Waals surface area contributed by atoms with Crippen molar-refractivity contribution in [2.24, 2.45) is 0 Å². The molecule has 0 radical (unpaired) electrons. The van der Waals surface area contributed by atoms with Crippen LogP contribution in [0.25, 0.3) is 0 Å². The highest BCUT2D eigenvalue weighted by molar-refractivity contribution is 6.31. The van der Waals surface area contributed by atoms with Gasteiger partial charge in [0, 0.05) is 6.07 Å². The highest BCUT2D eigenvalue weighted by atomic mass is 35.5. The summed E-state index contributed by atoms with van der Waals surface area (Å²) in [5.41, 5.74) is 1.04. The minimum absolute atomic E-state index is 0.0110. The van der Waals surface area contributed by atoms with E-state index in [1.54, 1.807) is 4.90 Å². The third kappa shape index (κ3) is 1.82. The normalized spacial score (nSPS) is 14.1. The fourth-order valence-electron chi connectivity index (χ4n) is 1.60. The molecular weight excluding hydrogens is 231 g/mol. The number of anilines is 2. The first kappa shape index (κ1) is 10.8. The SMILES string of the molecule is C#CCN1CC(=O)Nc2cc(F)c(Cl)cc21. The second kappa shape index (κ2) is 4.03. The van der Waals surface area contributed by atoms with Crippen molar-refractivity contribution >= 4 is 28.9 Å². The van der Waals surface area contributed by atoms with Crippen LogP contribution in [0.2, 0.25) is 5.02 Å². The van der Waals surface area contributed by atoms with E-state index in [0.717, 1.165) is 0 Å². The summed E-state index contributed by atoms with van der Waals surface area (Å²) < 4.78 is 13.2. The van der Waals surface area contributed by atoms with Gasteiger partial charge in [-0.2, -0.15) is 0 Å². The summed E-state index contributed by atoms with van der Waals surface area (Å²) in [5, 5.41) is 2.58. The number of nitrogens with one attached hydrogen (secondary N) is 1. The quantitative estimate of drug-likeness (QED) is 0.758. The fraction of sp³-hybridized carbons (Fsp3) is 0.182. The van der Waals surface area contributed by atoms with E-state index >= 15 is 0 Å². The number of hydrogen-bond donors (Lipinski definition) is 1. The Kier molecular flexibility index (Phi) is 2.71. The first-order chi connectivity index (χ1) is 7.61. The number of amides is 1. The Morgan fingerprint density at radius 3 is 3.06 bits per heavy atom. The van der Waals surface area contributed by atoms with Gasteiger partial charge in [-0.25, -0.2) is 4.39 Å². The molecule has 5 heteroatoms. The Bertz CT molecular complexity index is 495. The van der Waals surface area contributed by atoms with E-state index in [9.17, 15) is 9.18 Å². The fourth-order valence-corrected chi connectivity index (χ4v) is 1.76. The molecule has 0 saturated carbocycles. The van der Waals surface area contributed by atoms with E-state index in [-0.39, 0.29) is 24.0 Å². The van der Waals surface area contributed by atoms with Gasteiger partial charge in [0.25, 0.3) is 0 Å². The van der Waals surface area contributed by atoms with Crippen LogP contribution < -0.4 is 10.2 Å². The lowest BCUT2D eigenvalue weighted by Crippen LogP contribution is -2.38. The molecule has 0 aromatic heterocycles. The molecule has 82 valence electrons. The van der Waals surface area contributed by atoms with E-state index in [1.807, 2.05) is 0 Å². The second-order valence-electron chi connectivity index (χ2n) is 3.39. The Balaban J connectivity index is 2.49. The molecule has 2 rings (SSSR count). The highest BCUT2D eigenvalue weighted by Gasteiger charge is 2.22. The number of terminal acetylenes is 1. The number of rotatable bonds is 1. The van der Waals surface area contributed by atoms with E-state index < -0.39 is 5.82 Å². The van der Waals surface area contributed by atoms with Crippen molar-refractivity contribution in [2.75, 3.05) is 23.3 Å². The Morgan fingerprint density at radius 1 is 1.62 bits per heavy atom. The Morgan fingerprint density at radius 2 is 2.38 bits per heavy atom. The summed E-state index contributed by atoms with van der Waals surface area (Å²) in [5.74, 6) is 1.66. The van der Waals surface area contributed by atoms with Crippen molar-refractivity contribution in [3.05, 3.63) is 23.0 Å². The summed E-state index contributed by atoms with van der Waals surface area (Å²) in [6.45, 7) is 0.432. The number of benzene rings is 1. The van der Waals surface area contributed by atoms with E-state index in [2.05, 4.69) is 11.2 Å². The molecule has 0 fully saturated rings. The second-order valence-corrected chi connectivity index (χ2v) is 3.80. The zero-order valence-electron chi connectivity index (χ0n) is 8.26. The molecule has 1 amide bonds. The van der Waals surface area contributed by atoms with Crippen LogP contribution >= 0.6 is 11.6 Å². The minimum atomic E-state index is -0.566. The predicted octanol–water partition coefficient (Wildman–Crippen LogP) is 1.87. The summed E-state index contributed by atoms with van der Waals surface area (Å²) in [4.78, 5) is 13.0. The number of nitrogens with zero attached hydrogens (tertiary/aromatic N) is 1. The van der Waals surface area contributed by atoms with Crippen molar-refractivity contribution < 1.29 is 9.18 Å². The first-order valence-electron chi connectivity index (χ1n) is 4.59. The molecular formula is C11H8ClFN2O. The smallest absolute Gasteiger partial charge is 0.243 e. The third-order valence-electron chi connectivity index (χ3n) is 2.27. The van der Waals surface area contributed by atoms with Crippen molar-refractivity contribution in [1.82, 2.24) is 0 Å². The maximum atomic E-state index is 13.2. The van der Waals surface area contributed by atoms with Gasteiger partial charge in [0.15, 0.2) is 0 Å². The average molecular weight is 239 g/mol. The maximum Gasteiger partial charge on any atom is 0.243 e. The zero-order valence-corrected chi connectivity index (χ0v) is 9.01. The topological polar surface area (TPSA) is 32.3 Å². The molecule has 1 aliphatic rings. The van der Waals surface area contributed by atoms with Gasteiger partial charge in [-0.1, -0.05) is 17.5 Å². The number of hydrogen-bond acceptors (Lipinski definition) is 2. The van der Waals surface area contributed by atoms with Crippen LogP contribution in [-0.4, -0.2) is 19.0 Å². The summed E-state index contributed by atoms with van der Waals surface area (Å²) in [7, 11) is 0. The molecule has 0 bridgehead atoms. The monoisotopic (exact) mass is 238 g/mol. The Hall–Kier alpha value is -1.73. The van der Waals surface area contributed by atoms with Crippen molar-refractivity contribution in [3.8, 4) is 12.3 Å². The predicted molar refractivity (Wildman–Crippen MR) is 61.1 cm³/mol. The van der Waals surface area contributed by atoms with Crippen LogP contribution in [0.3, 0.4) is 0 Å². The van der Waals surface area contributed by atoms with Crippen LogP contribution in [0.4, 0.5) is 15.8 Å². The molecule has 1 aromatic rings. The molecule has 16 heavy (non-hydrogen) atoms. The van der Waals surface area contributed by atoms with E-state index in [0.29, 0.717) is 11.4 Å². The van der Waals surface area contributed by atoms with Gasteiger partial charge in [-0.05, 0) is 6.07 Å². The number of fused-ring (bicyclic) bond motifs is 1. The molecule has 0 saturated heterocycles. The van der Waals surface area contributed by atoms with Gasteiger partial charge in [0.05, 0.1) is 29.5 Å². The lowest BCUT2D eigenvalue weighted by Gasteiger charge is -2.29. The molecule has 1 heterocycles. The van der Waals surface area contributed by atoms with Gasteiger partial charge in [-0.15, -0.1) is 6.42 Å². The third-order valence-corrected chi connectivity index (χ3v) is 2.56. The molecule has 0 unspecified atom stereocenters. The lowest BCUT2D eigenvalue weighted by molar-refractivity contribution is -0.115. The number of carbonyl (C=O) groups excluding carboxylic acids is 1. The van der Waals surface area contributed by atoms with E-state index in [1.165, 1.54) is 12.1 Å². The maximum absolute atomic E-state index is 13.2. The molecule has 0 aliphatic carbocycles. The highest BCUT2D eigenvalue weighted by Crippen LogP contribution is 2.33. The van der Waals surface area contributed by atoms with Crippen molar-refractivity contribution in [1.29, 1.82) is 0 Å². The van der Waals surface area contributed by atoms with Crippen LogP contribution in [0.5, 0.6) is 0 Å². The van der Waals surface area contributed by atoms with E-state index in [4.69, 9.17) is 18.0 Å². The summed E-state index contributed by atoms with van der Waals surface area (Å²) in [6.07, 6.45) is 5.20. The minimum Gasteiger partial charge on any atom is -0.349 e. The van der Waals surface area contributed by atoms with Gasteiger partial charge in [-0.3, -0.25) is 4.79 Å². The van der Waals surface area contributed by atoms with Crippen molar-refractivity contribution in [3.63, 3.8) is 0 Å². The molecule has 1 aliphatic heterocycles. The van der Waals surface area contributed by atoms with Gasteiger partial charge in [0.2, 0.25) is 5.91 Å². The summed E-state index contributed by atoms with van der Waals surface area (Å²) >= 11 is 5.68. The van der Waals surface area contributed by atoms with Crippen LogP contribution in [-0.2, 0) is 4.79 Å². The van der Waals surface area contributed by atoms with Gasteiger partial charge in [0.1, 0.15) is 5.82 Å². The standard InChI is InChI=1S/C11H8ClFN2O/c1-2-3-15-6-11(16)14-9-5-8(13)7(12)4-10(9)15/h1,4-5H,3,6H2,(H,14,16). The van der Waals surface area contributed by atoms with Crippen LogP contribution in [0.1, 0.15) is 0 Å². The van der Waals surface area contributed by atoms with Crippen LogP contribution in [0, 0.1) is 18.2 Å². The summed E-state index contributed by atoms with van der Waals surface area (Å²) in [6, 6.07) is 2.65. The largest absolute Gasteiger partial charge is 0.349 e. The number of carbonyl (C=O) groups is 1. The Labute approximate surface area is 97.2 Å². The average Bonchev–Trinajstić information content (AvgIpc) is 2.21. The van der Waals surface area contributed by atoms with Crippen LogP contribution in [0.15, 0.2) is 12.1 Å². The zero-order chi connectivity index (χ0) is 11.7. The molecule has 3 nitrogen and oxygen atoms in total. The first-order valence-corrected chi connectivity index (χ1v) is 4.97. The lowest BCUT2D eigenvalue weighted by atomic mass is 10.2.